The topological polar surface area (TPSA) is 80.5 Å². The fraction of sp³-hybridized carbons (Fsp3) is 0.370. The van der Waals surface area contributed by atoms with Crippen LogP contribution in [0.1, 0.15) is 60.6 Å². The molecule has 34 heavy (non-hydrogen) atoms. The molecule has 0 bridgehead atoms. The third kappa shape index (κ3) is 6.04. The Balaban J connectivity index is 1.87. The Morgan fingerprint density at radius 1 is 1.12 bits per heavy atom. The second-order valence-corrected chi connectivity index (χ2v) is 9.27. The summed E-state index contributed by atoms with van der Waals surface area (Å²) < 4.78 is 7.29. The smallest absolute Gasteiger partial charge is 0.257 e. The van der Waals surface area contributed by atoms with Crippen molar-refractivity contribution in [1.82, 2.24) is 15.1 Å². The van der Waals surface area contributed by atoms with Crippen molar-refractivity contribution in [2.45, 2.75) is 60.0 Å². The fourth-order valence-electron chi connectivity index (χ4n) is 3.68. The molecule has 1 heterocycles. The predicted octanol–water partition coefficient (Wildman–Crippen LogP) is 5.22. The molecule has 180 valence electrons. The molecule has 7 nitrogen and oxygen atoms in total. The van der Waals surface area contributed by atoms with Gasteiger partial charge in [0.1, 0.15) is 5.75 Å². The monoisotopic (exact) mass is 461 g/mol. The van der Waals surface area contributed by atoms with Gasteiger partial charge in [-0.1, -0.05) is 39.0 Å². The highest BCUT2D eigenvalue weighted by Crippen LogP contribution is 2.22. The lowest BCUT2D eigenvalue weighted by atomic mass is 9.87. The summed E-state index contributed by atoms with van der Waals surface area (Å²) in [5.41, 5.74) is 5.59. The molecule has 3 aromatic rings. The molecular formula is C27H35N5O2. The number of hydrogen-bond donors (Lipinski definition) is 2. The molecule has 0 aliphatic heterocycles. The Morgan fingerprint density at radius 2 is 1.82 bits per heavy atom. The summed E-state index contributed by atoms with van der Waals surface area (Å²) in [5.74, 6) is 0.845. The molecular weight excluding hydrogens is 426 g/mol. The number of benzene rings is 2. The molecule has 1 aromatic heterocycles. The SMILES string of the molecule is CCn1nc(C)c(CN=C(NC(=O)c2ccc(C(C)(C)C)cc2)Nc2cccc(OC)c2)c1C. The lowest BCUT2D eigenvalue weighted by Gasteiger charge is -2.19. The van der Waals surface area contributed by atoms with E-state index in [-0.39, 0.29) is 11.3 Å². The Labute approximate surface area is 202 Å². The number of ether oxygens (including phenoxy) is 1. The highest BCUT2D eigenvalue weighted by molar-refractivity contribution is 6.10. The first-order valence-electron chi connectivity index (χ1n) is 11.5. The molecule has 3 rings (SSSR count). The van der Waals surface area contributed by atoms with E-state index in [0.29, 0.717) is 23.8 Å². The first-order valence-corrected chi connectivity index (χ1v) is 11.5. The molecule has 7 heteroatoms. The van der Waals surface area contributed by atoms with Gasteiger partial charge in [-0.2, -0.15) is 5.10 Å². The highest BCUT2D eigenvalue weighted by Gasteiger charge is 2.16. The maximum atomic E-state index is 13.1. The van der Waals surface area contributed by atoms with Crippen LogP contribution in [0.25, 0.3) is 0 Å². The van der Waals surface area contributed by atoms with Crippen molar-refractivity contribution in [3.05, 3.63) is 76.6 Å². The second kappa shape index (κ2) is 10.5. The van der Waals surface area contributed by atoms with Gasteiger partial charge >= 0.3 is 0 Å². The lowest BCUT2D eigenvalue weighted by Crippen LogP contribution is -2.36. The van der Waals surface area contributed by atoms with Crippen molar-refractivity contribution >= 4 is 17.6 Å². The van der Waals surface area contributed by atoms with E-state index in [0.717, 1.165) is 29.2 Å². The van der Waals surface area contributed by atoms with Crippen molar-refractivity contribution in [1.29, 1.82) is 0 Å². The van der Waals surface area contributed by atoms with Crippen molar-refractivity contribution < 1.29 is 9.53 Å². The van der Waals surface area contributed by atoms with Crippen LogP contribution in [0, 0.1) is 13.8 Å². The minimum atomic E-state index is -0.229. The molecule has 2 aromatic carbocycles. The van der Waals surface area contributed by atoms with Crippen LogP contribution in [0.15, 0.2) is 53.5 Å². The summed E-state index contributed by atoms with van der Waals surface area (Å²) in [6.45, 7) is 13.7. The number of carbonyl (C=O) groups is 1. The number of rotatable bonds is 6. The molecule has 0 spiro atoms. The number of methoxy groups -OCH3 is 1. The number of nitrogens with zero attached hydrogens (tertiary/aromatic N) is 3. The quantitative estimate of drug-likeness (QED) is 0.389. The van der Waals surface area contributed by atoms with Crippen LogP contribution in [-0.2, 0) is 18.5 Å². The third-order valence-corrected chi connectivity index (χ3v) is 5.80. The van der Waals surface area contributed by atoms with E-state index in [9.17, 15) is 4.79 Å². The van der Waals surface area contributed by atoms with Crippen LogP contribution in [0.5, 0.6) is 5.75 Å². The van der Waals surface area contributed by atoms with E-state index in [1.165, 1.54) is 5.56 Å². The van der Waals surface area contributed by atoms with Gasteiger partial charge in [0.2, 0.25) is 5.96 Å². The molecule has 0 fully saturated rings. The number of aromatic nitrogens is 2. The lowest BCUT2D eigenvalue weighted by molar-refractivity contribution is 0.0977. The van der Waals surface area contributed by atoms with Crippen LogP contribution in [0.4, 0.5) is 5.69 Å². The van der Waals surface area contributed by atoms with Gasteiger partial charge in [0, 0.05) is 35.1 Å². The number of amides is 1. The van der Waals surface area contributed by atoms with Gasteiger partial charge in [-0.3, -0.25) is 14.8 Å². The number of hydrogen-bond acceptors (Lipinski definition) is 4. The Bertz CT molecular complexity index is 1170. The molecule has 0 radical (unpaired) electrons. The van der Waals surface area contributed by atoms with Gasteiger partial charge in [0.05, 0.1) is 19.3 Å². The zero-order valence-electron chi connectivity index (χ0n) is 21.2. The third-order valence-electron chi connectivity index (χ3n) is 5.80. The van der Waals surface area contributed by atoms with Crippen molar-refractivity contribution in [2.24, 2.45) is 4.99 Å². The summed E-state index contributed by atoms with van der Waals surface area (Å²) >= 11 is 0. The zero-order valence-corrected chi connectivity index (χ0v) is 21.2. The van der Waals surface area contributed by atoms with E-state index >= 15 is 0 Å². The van der Waals surface area contributed by atoms with Crippen LogP contribution in [0.3, 0.4) is 0 Å². The Kier molecular flexibility index (Phi) is 7.76. The van der Waals surface area contributed by atoms with Crippen molar-refractivity contribution in [3.8, 4) is 5.75 Å². The normalized spacial score (nSPS) is 11.9. The summed E-state index contributed by atoms with van der Waals surface area (Å²) in [6, 6.07) is 15.2. The summed E-state index contributed by atoms with van der Waals surface area (Å²) in [6.07, 6.45) is 0. The molecule has 0 atom stereocenters. The van der Waals surface area contributed by atoms with Gasteiger partial charge in [-0.25, -0.2) is 4.99 Å². The van der Waals surface area contributed by atoms with E-state index in [2.05, 4.69) is 43.4 Å². The van der Waals surface area contributed by atoms with E-state index in [1.807, 2.05) is 67.1 Å². The zero-order chi connectivity index (χ0) is 24.9. The summed E-state index contributed by atoms with van der Waals surface area (Å²) in [7, 11) is 1.62. The van der Waals surface area contributed by atoms with E-state index < -0.39 is 0 Å². The maximum absolute atomic E-state index is 13.1. The maximum Gasteiger partial charge on any atom is 0.257 e. The number of aryl methyl sites for hydroxylation is 2. The number of aliphatic imine (C=N–C) groups is 1. The first-order chi connectivity index (χ1) is 16.1. The molecule has 1 amide bonds. The minimum absolute atomic E-state index is 0.0220. The first kappa shape index (κ1) is 25.0. The predicted molar refractivity (Wildman–Crippen MR) is 138 cm³/mol. The number of nitrogens with one attached hydrogen (secondary N) is 2. The number of guanidine groups is 1. The second-order valence-electron chi connectivity index (χ2n) is 9.27. The van der Waals surface area contributed by atoms with Crippen molar-refractivity contribution in [2.75, 3.05) is 12.4 Å². The molecule has 0 saturated heterocycles. The van der Waals surface area contributed by atoms with Crippen molar-refractivity contribution in [3.63, 3.8) is 0 Å². The van der Waals surface area contributed by atoms with Gasteiger partial charge in [0.25, 0.3) is 5.91 Å². The Hall–Kier alpha value is -3.61. The molecule has 0 saturated carbocycles. The van der Waals surface area contributed by atoms with E-state index in [1.54, 1.807) is 7.11 Å². The largest absolute Gasteiger partial charge is 0.497 e. The fourth-order valence-corrected chi connectivity index (χ4v) is 3.68. The van der Waals surface area contributed by atoms with Gasteiger partial charge in [0.15, 0.2) is 0 Å². The summed E-state index contributed by atoms with van der Waals surface area (Å²) in [5, 5.41) is 10.7. The summed E-state index contributed by atoms with van der Waals surface area (Å²) in [4.78, 5) is 17.8. The van der Waals surface area contributed by atoms with Gasteiger partial charge in [-0.15, -0.1) is 0 Å². The highest BCUT2D eigenvalue weighted by atomic mass is 16.5. The molecule has 0 aliphatic carbocycles. The van der Waals surface area contributed by atoms with Crippen LogP contribution in [0.2, 0.25) is 0 Å². The van der Waals surface area contributed by atoms with Gasteiger partial charge < -0.3 is 10.1 Å². The van der Waals surface area contributed by atoms with E-state index in [4.69, 9.17) is 9.73 Å². The van der Waals surface area contributed by atoms with Gasteiger partial charge in [-0.05, 0) is 56.0 Å². The molecule has 0 aliphatic rings. The number of carbonyl (C=O) groups excluding carboxylic acids is 1. The standard InChI is InChI=1S/C27H35N5O2/c1-8-32-19(3)24(18(2)31-32)17-28-26(29-22-10-9-11-23(16-22)34-7)30-25(33)20-12-14-21(15-13-20)27(4,5)6/h9-16H,8,17H2,1-7H3,(H2,28,29,30,33). The van der Waals surface area contributed by atoms with Crippen LogP contribution < -0.4 is 15.4 Å². The Morgan fingerprint density at radius 3 is 2.41 bits per heavy atom. The number of anilines is 1. The average Bonchev–Trinajstić information content (AvgIpc) is 3.09. The van der Waals surface area contributed by atoms with Crippen LogP contribution in [-0.4, -0.2) is 28.8 Å². The minimum Gasteiger partial charge on any atom is -0.497 e. The average molecular weight is 462 g/mol. The van der Waals surface area contributed by atoms with Crippen LogP contribution >= 0.6 is 0 Å². The molecule has 0 unspecified atom stereocenters. The molecule has 2 N–H and O–H groups in total.